The van der Waals surface area contributed by atoms with Gasteiger partial charge in [0.25, 0.3) is 0 Å². The van der Waals surface area contributed by atoms with E-state index in [9.17, 15) is 26.3 Å². The van der Waals surface area contributed by atoms with Crippen LogP contribution < -0.4 is 0 Å². The van der Waals surface area contributed by atoms with E-state index in [0.29, 0.717) is 19.3 Å². The molecule has 5 aromatic rings. The van der Waals surface area contributed by atoms with Crippen molar-refractivity contribution in [2.24, 2.45) is 14.1 Å². The van der Waals surface area contributed by atoms with Crippen molar-refractivity contribution in [1.82, 2.24) is 29.3 Å². The Morgan fingerprint density at radius 1 is 0.643 bits per heavy atom. The molecule has 3 heterocycles. The summed E-state index contributed by atoms with van der Waals surface area (Å²) in [7, 11) is 3.71. The van der Waals surface area contributed by atoms with Crippen molar-refractivity contribution >= 4 is 22.6 Å². The van der Waals surface area contributed by atoms with Gasteiger partial charge >= 0.3 is 12.4 Å². The zero-order chi connectivity index (χ0) is 30.5. The SMILES string of the molecule is Cn1ncc(-n2cccn2)c1CCc1ccc(C(F)(F)F)cc1.Cn1ncc(I)c1CCc1ccc(C(F)(F)F)cc1. The van der Waals surface area contributed by atoms with E-state index in [2.05, 4.69) is 37.9 Å². The first-order valence-electron chi connectivity index (χ1n) is 12.8. The first-order valence-corrected chi connectivity index (χ1v) is 13.9. The maximum absolute atomic E-state index is 12.6. The minimum absolute atomic E-state index is 0.605. The summed E-state index contributed by atoms with van der Waals surface area (Å²) >= 11 is 2.21. The Morgan fingerprint density at radius 2 is 1.12 bits per heavy atom. The molecule has 0 aliphatic rings. The number of benzene rings is 2. The third-order valence-corrected chi connectivity index (χ3v) is 7.57. The largest absolute Gasteiger partial charge is 0.416 e. The van der Waals surface area contributed by atoms with Gasteiger partial charge in [-0.05, 0) is 89.7 Å². The van der Waals surface area contributed by atoms with E-state index < -0.39 is 23.5 Å². The Balaban J connectivity index is 0.000000197. The van der Waals surface area contributed by atoms with Crippen LogP contribution in [0.3, 0.4) is 0 Å². The fourth-order valence-electron chi connectivity index (χ4n) is 4.31. The molecular formula is C29H27F6IN6. The van der Waals surface area contributed by atoms with E-state index in [0.717, 1.165) is 62.5 Å². The molecule has 0 saturated carbocycles. The van der Waals surface area contributed by atoms with E-state index in [4.69, 9.17) is 0 Å². The number of aryl methyl sites for hydroxylation is 4. The summed E-state index contributed by atoms with van der Waals surface area (Å²) in [5.74, 6) is 0. The lowest BCUT2D eigenvalue weighted by Crippen LogP contribution is -2.06. The van der Waals surface area contributed by atoms with Gasteiger partial charge in [-0.15, -0.1) is 0 Å². The van der Waals surface area contributed by atoms with Gasteiger partial charge in [-0.3, -0.25) is 9.36 Å². The number of hydrogen-bond acceptors (Lipinski definition) is 3. The Hall–Kier alpha value is -3.62. The predicted octanol–water partition coefficient (Wildman–Crippen LogP) is 7.24. The van der Waals surface area contributed by atoms with Crippen molar-refractivity contribution in [1.29, 1.82) is 0 Å². The monoisotopic (exact) mass is 700 g/mol. The maximum atomic E-state index is 12.6. The molecule has 0 amide bonds. The zero-order valence-corrected chi connectivity index (χ0v) is 24.8. The molecule has 222 valence electrons. The van der Waals surface area contributed by atoms with Crippen LogP contribution in [0.25, 0.3) is 5.69 Å². The van der Waals surface area contributed by atoms with Crippen LogP contribution in [0.2, 0.25) is 0 Å². The van der Waals surface area contributed by atoms with Crippen LogP contribution in [0.5, 0.6) is 0 Å². The van der Waals surface area contributed by atoms with Crippen LogP contribution >= 0.6 is 22.6 Å². The lowest BCUT2D eigenvalue weighted by atomic mass is 10.1. The molecule has 0 bridgehead atoms. The van der Waals surface area contributed by atoms with Crippen LogP contribution in [0.15, 0.2) is 79.4 Å². The number of alkyl halides is 6. The molecular weight excluding hydrogens is 673 g/mol. The maximum Gasteiger partial charge on any atom is 0.416 e. The number of aromatic nitrogens is 6. The quantitative estimate of drug-likeness (QED) is 0.133. The van der Waals surface area contributed by atoms with Crippen LogP contribution in [0.4, 0.5) is 26.3 Å². The van der Waals surface area contributed by atoms with Gasteiger partial charge in [-0.25, -0.2) is 4.68 Å². The fraction of sp³-hybridized carbons (Fsp3) is 0.276. The number of rotatable bonds is 7. The van der Waals surface area contributed by atoms with Crippen molar-refractivity contribution in [3.63, 3.8) is 0 Å². The fourth-order valence-corrected chi connectivity index (χ4v) is 5.05. The van der Waals surface area contributed by atoms with Crippen molar-refractivity contribution in [3.8, 4) is 5.69 Å². The van der Waals surface area contributed by atoms with Gasteiger partial charge in [0.2, 0.25) is 0 Å². The molecule has 3 aromatic heterocycles. The molecule has 13 heteroatoms. The molecule has 0 radical (unpaired) electrons. The van der Waals surface area contributed by atoms with Gasteiger partial charge in [-0.1, -0.05) is 24.3 Å². The summed E-state index contributed by atoms with van der Waals surface area (Å²) in [6.45, 7) is 0. The van der Waals surface area contributed by atoms with E-state index in [-0.39, 0.29) is 0 Å². The van der Waals surface area contributed by atoms with Gasteiger partial charge in [-0.2, -0.15) is 41.6 Å². The summed E-state index contributed by atoms with van der Waals surface area (Å²) in [6, 6.07) is 12.4. The van der Waals surface area contributed by atoms with Gasteiger partial charge in [0.1, 0.15) is 5.69 Å². The average molecular weight is 700 g/mol. The molecule has 0 aliphatic heterocycles. The molecule has 5 rings (SSSR count). The van der Waals surface area contributed by atoms with Gasteiger partial charge < -0.3 is 0 Å². The van der Waals surface area contributed by atoms with Gasteiger partial charge in [0.05, 0.1) is 38.5 Å². The minimum Gasteiger partial charge on any atom is -0.272 e. The Morgan fingerprint density at radius 3 is 1.55 bits per heavy atom. The summed E-state index contributed by atoms with van der Waals surface area (Å²) < 4.78 is 81.3. The second kappa shape index (κ2) is 13.1. The lowest BCUT2D eigenvalue weighted by molar-refractivity contribution is -0.138. The molecule has 6 nitrogen and oxygen atoms in total. The van der Waals surface area contributed by atoms with Crippen LogP contribution in [-0.2, 0) is 52.1 Å². The predicted molar refractivity (Wildman–Crippen MR) is 154 cm³/mol. The second-order valence-corrected chi connectivity index (χ2v) is 10.7. The molecule has 0 N–H and O–H groups in total. The summed E-state index contributed by atoms with van der Waals surface area (Å²) in [4.78, 5) is 0. The topological polar surface area (TPSA) is 53.5 Å². The van der Waals surface area contributed by atoms with Crippen molar-refractivity contribution in [2.45, 2.75) is 38.0 Å². The standard InChI is InChI=1S/C16H15F3N4.C13H12F3IN2/c1-22-14(15(11-21-22)23-10-2-9-20-23)8-5-12-3-6-13(7-4-12)16(17,18)19;1-19-12(11(17)8-18-19)7-4-9-2-5-10(6-3-9)13(14,15)16/h2-4,6-7,9-11H,5,8H2,1H3;2-3,5-6,8H,4,7H2,1H3. The molecule has 0 atom stereocenters. The van der Waals surface area contributed by atoms with Crippen LogP contribution in [-0.4, -0.2) is 29.3 Å². The molecule has 0 saturated heterocycles. The Kier molecular flexibility index (Phi) is 9.79. The molecule has 2 aromatic carbocycles. The first kappa shape index (κ1) is 31.3. The molecule has 0 spiro atoms. The Bertz CT molecular complexity index is 1550. The normalized spacial score (nSPS) is 11.8. The third-order valence-electron chi connectivity index (χ3n) is 6.66. The number of nitrogens with zero attached hydrogens (tertiary/aromatic N) is 6. The Labute approximate surface area is 252 Å². The van der Waals surface area contributed by atoms with Gasteiger partial charge in [0, 0.05) is 26.5 Å². The summed E-state index contributed by atoms with van der Waals surface area (Å²) in [6.07, 6.45) is 1.23. The summed E-state index contributed by atoms with van der Waals surface area (Å²) in [5.41, 5.74) is 3.47. The van der Waals surface area contributed by atoms with Crippen LogP contribution in [0, 0.1) is 3.57 Å². The third kappa shape index (κ3) is 8.01. The number of hydrogen-bond donors (Lipinski definition) is 0. The van der Waals surface area contributed by atoms with E-state index in [1.54, 1.807) is 32.6 Å². The molecule has 0 fully saturated rings. The molecule has 0 aliphatic carbocycles. The highest BCUT2D eigenvalue weighted by atomic mass is 127. The molecule has 0 unspecified atom stereocenters. The lowest BCUT2D eigenvalue weighted by Gasteiger charge is -2.09. The van der Waals surface area contributed by atoms with Crippen molar-refractivity contribution < 1.29 is 26.3 Å². The summed E-state index contributed by atoms with van der Waals surface area (Å²) in [5, 5.41) is 12.6. The minimum atomic E-state index is -4.30. The molecule has 42 heavy (non-hydrogen) atoms. The smallest absolute Gasteiger partial charge is 0.272 e. The van der Waals surface area contributed by atoms with E-state index in [1.807, 2.05) is 26.4 Å². The first-order chi connectivity index (χ1) is 19.8. The van der Waals surface area contributed by atoms with Gasteiger partial charge in [0.15, 0.2) is 0 Å². The van der Waals surface area contributed by atoms with Crippen molar-refractivity contribution in [3.05, 3.63) is 117 Å². The second-order valence-electron chi connectivity index (χ2n) is 9.50. The average Bonchev–Trinajstić information content (AvgIpc) is 3.67. The zero-order valence-electron chi connectivity index (χ0n) is 22.7. The number of halogens is 7. The van der Waals surface area contributed by atoms with Crippen molar-refractivity contribution in [2.75, 3.05) is 0 Å². The van der Waals surface area contributed by atoms with E-state index >= 15 is 0 Å². The highest BCUT2D eigenvalue weighted by molar-refractivity contribution is 14.1. The van der Waals surface area contributed by atoms with E-state index in [1.165, 1.54) is 24.3 Å². The highest BCUT2D eigenvalue weighted by Crippen LogP contribution is 2.30. The highest BCUT2D eigenvalue weighted by Gasteiger charge is 2.30. The van der Waals surface area contributed by atoms with Crippen LogP contribution in [0.1, 0.15) is 33.6 Å².